The molecular formula is C19H16BrN5O3S. The van der Waals surface area contributed by atoms with Crippen molar-refractivity contribution in [2.45, 2.75) is 10.9 Å². The quantitative estimate of drug-likeness (QED) is 0.389. The van der Waals surface area contributed by atoms with Crippen molar-refractivity contribution >= 4 is 27.7 Å². The minimum absolute atomic E-state index is 0.459. The van der Waals surface area contributed by atoms with Crippen LogP contribution < -0.4 is 9.47 Å². The number of ether oxygens (including phenoxy) is 2. The molecule has 29 heavy (non-hydrogen) atoms. The van der Waals surface area contributed by atoms with Gasteiger partial charge in [-0.2, -0.15) is 0 Å². The lowest BCUT2D eigenvalue weighted by molar-refractivity contribution is 0.395. The average Bonchev–Trinajstić information content (AvgIpc) is 3.42. The van der Waals surface area contributed by atoms with Crippen LogP contribution in [0.3, 0.4) is 0 Å². The van der Waals surface area contributed by atoms with E-state index >= 15 is 0 Å². The Hall–Kier alpha value is -2.85. The van der Waals surface area contributed by atoms with Crippen LogP contribution in [-0.2, 0) is 5.75 Å². The topological polar surface area (TPSA) is 99.0 Å². The third-order valence-electron chi connectivity index (χ3n) is 4.01. The van der Waals surface area contributed by atoms with E-state index in [1.54, 1.807) is 20.3 Å². The van der Waals surface area contributed by atoms with E-state index in [4.69, 9.17) is 13.9 Å². The van der Waals surface area contributed by atoms with Crippen LogP contribution in [0.2, 0.25) is 0 Å². The highest BCUT2D eigenvalue weighted by Gasteiger charge is 2.14. The summed E-state index contributed by atoms with van der Waals surface area (Å²) in [5.74, 6) is 3.40. The number of nitrogens with one attached hydrogen (secondary N) is 1. The zero-order valence-corrected chi connectivity index (χ0v) is 18.0. The lowest BCUT2D eigenvalue weighted by Crippen LogP contribution is -1.91. The van der Waals surface area contributed by atoms with Crippen LogP contribution in [0.1, 0.15) is 5.89 Å². The van der Waals surface area contributed by atoms with E-state index in [-0.39, 0.29) is 0 Å². The number of methoxy groups -OCH3 is 2. The first kappa shape index (κ1) is 19.5. The molecule has 10 heteroatoms. The van der Waals surface area contributed by atoms with Crippen LogP contribution in [0.15, 0.2) is 56.5 Å². The summed E-state index contributed by atoms with van der Waals surface area (Å²) in [6.07, 6.45) is 0. The lowest BCUT2D eigenvalue weighted by Gasteiger charge is -2.07. The molecule has 0 fully saturated rings. The minimum atomic E-state index is 0.459. The summed E-state index contributed by atoms with van der Waals surface area (Å²) in [5.41, 5.74) is 1.66. The number of nitrogens with zero attached hydrogens (tertiary/aromatic N) is 4. The summed E-state index contributed by atoms with van der Waals surface area (Å²) in [7, 11) is 3.21. The molecule has 2 aromatic heterocycles. The van der Waals surface area contributed by atoms with Crippen LogP contribution in [0, 0.1) is 0 Å². The number of thioether (sulfide) groups is 1. The molecule has 2 aromatic carbocycles. The van der Waals surface area contributed by atoms with Gasteiger partial charge in [-0.25, -0.2) is 4.98 Å². The summed E-state index contributed by atoms with van der Waals surface area (Å²) in [5, 5.41) is 15.9. The Labute approximate surface area is 179 Å². The molecule has 4 aromatic rings. The van der Waals surface area contributed by atoms with Crippen LogP contribution in [-0.4, -0.2) is 39.6 Å². The van der Waals surface area contributed by atoms with Crippen molar-refractivity contribution in [1.82, 2.24) is 25.4 Å². The SMILES string of the molecule is COc1ccc(-c2nc(SCc3nnc(-c4ccc(Br)cc4)o3)n[nH]2)c(OC)c1. The second-order valence-electron chi connectivity index (χ2n) is 5.83. The molecule has 0 unspecified atom stereocenters. The Bertz CT molecular complexity index is 1110. The number of hydrogen-bond acceptors (Lipinski definition) is 8. The normalized spacial score (nSPS) is 10.9. The molecule has 0 aliphatic rings. The van der Waals surface area contributed by atoms with Gasteiger partial charge >= 0.3 is 0 Å². The number of aromatic amines is 1. The third kappa shape index (κ3) is 4.43. The first-order chi connectivity index (χ1) is 14.2. The number of benzene rings is 2. The average molecular weight is 474 g/mol. The molecule has 1 N–H and O–H groups in total. The highest BCUT2D eigenvalue weighted by atomic mass is 79.9. The van der Waals surface area contributed by atoms with Crippen LogP contribution >= 0.6 is 27.7 Å². The molecule has 0 saturated heterocycles. The van der Waals surface area contributed by atoms with Gasteiger partial charge in [0.1, 0.15) is 11.5 Å². The number of aromatic nitrogens is 5. The Kier molecular flexibility index (Phi) is 5.81. The second-order valence-corrected chi connectivity index (χ2v) is 7.69. The highest BCUT2D eigenvalue weighted by molar-refractivity contribution is 9.10. The van der Waals surface area contributed by atoms with Gasteiger partial charge in [-0.3, -0.25) is 5.10 Å². The molecule has 8 nitrogen and oxygen atoms in total. The van der Waals surface area contributed by atoms with Crippen LogP contribution in [0.4, 0.5) is 0 Å². The van der Waals surface area contributed by atoms with E-state index in [1.165, 1.54) is 11.8 Å². The summed E-state index contributed by atoms with van der Waals surface area (Å²) < 4.78 is 17.4. The van der Waals surface area contributed by atoms with Crippen molar-refractivity contribution in [2.24, 2.45) is 0 Å². The molecule has 0 amide bonds. The summed E-state index contributed by atoms with van der Waals surface area (Å²) in [6.45, 7) is 0. The van der Waals surface area contributed by atoms with E-state index in [1.807, 2.05) is 36.4 Å². The monoisotopic (exact) mass is 473 g/mol. The zero-order chi connectivity index (χ0) is 20.2. The first-order valence-electron chi connectivity index (χ1n) is 8.52. The molecule has 0 aliphatic heterocycles. The van der Waals surface area contributed by atoms with Gasteiger partial charge < -0.3 is 13.9 Å². The fourth-order valence-corrected chi connectivity index (χ4v) is 3.47. The van der Waals surface area contributed by atoms with E-state index in [0.717, 1.165) is 15.6 Å². The van der Waals surface area contributed by atoms with Crippen LogP contribution in [0.5, 0.6) is 11.5 Å². The van der Waals surface area contributed by atoms with Gasteiger partial charge in [0.25, 0.3) is 0 Å². The van der Waals surface area contributed by atoms with Gasteiger partial charge in [-0.05, 0) is 36.4 Å². The van der Waals surface area contributed by atoms with Gasteiger partial charge in [0.05, 0.1) is 25.5 Å². The van der Waals surface area contributed by atoms with E-state index in [9.17, 15) is 0 Å². The molecule has 0 radical (unpaired) electrons. The number of halogens is 1. The first-order valence-corrected chi connectivity index (χ1v) is 10.3. The fraction of sp³-hybridized carbons (Fsp3) is 0.158. The molecule has 0 aliphatic carbocycles. The Morgan fingerprint density at radius 1 is 1.07 bits per heavy atom. The van der Waals surface area contributed by atoms with E-state index in [0.29, 0.717) is 40.0 Å². The van der Waals surface area contributed by atoms with Gasteiger partial charge in [0, 0.05) is 16.1 Å². The zero-order valence-electron chi connectivity index (χ0n) is 15.5. The molecule has 0 bridgehead atoms. The van der Waals surface area contributed by atoms with Gasteiger partial charge in [-0.15, -0.1) is 15.3 Å². The highest BCUT2D eigenvalue weighted by Crippen LogP contribution is 2.32. The third-order valence-corrected chi connectivity index (χ3v) is 5.37. The van der Waals surface area contributed by atoms with Crippen molar-refractivity contribution in [2.75, 3.05) is 14.2 Å². The smallest absolute Gasteiger partial charge is 0.247 e. The Balaban J connectivity index is 1.45. The van der Waals surface area contributed by atoms with Crippen LogP contribution in [0.25, 0.3) is 22.8 Å². The standard InChI is InChI=1S/C19H16BrN5O3S/c1-26-13-7-8-14(15(9-13)27-2)17-21-19(25-23-17)29-10-16-22-24-18(28-16)11-3-5-12(20)6-4-11/h3-9H,10H2,1-2H3,(H,21,23,25). The van der Waals surface area contributed by atoms with Crippen molar-refractivity contribution in [3.63, 3.8) is 0 Å². The second kappa shape index (κ2) is 8.66. The summed E-state index contributed by atoms with van der Waals surface area (Å²) >= 11 is 4.81. The molecular weight excluding hydrogens is 458 g/mol. The number of rotatable bonds is 7. The molecule has 148 valence electrons. The maximum Gasteiger partial charge on any atom is 0.247 e. The Morgan fingerprint density at radius 2 is 1.90 bits per heavy atom. The molecule has 0 saturated carbocycles. The molecule has 2 heterocycles. The molecule has 4 rings (SSSR count). The van der Waals surface area contributed by atoms with E-state index in [2.05, 4.69) is 41.3 Å². The maximum atomic E-state index is 5.73. The van der Waals surface area contributed by atoms with Gasteiger partial charge in [-0.1, -0.05) is 27.7 Å². The predicted octanol–water partition coefficient (Wildman–Crippen LogP) is 4.59. The Morgan fingerprint density at radius 3 is 2.66 bits per heavy atom. The molecule has 0 atom stereocenters. The van der Waals surface area contributed by atoms with Crippen molar-refractivity contribution in [1.29, 1.82) is 0 Å². The maximum absolute atomic E-state index is 5.73. The fourth-order valence-electron chi connectivity index (χ4n) is 2.57. The van der Waals surface area contributed by atoms with Crippen molar-refractivity contribution < 1.29 is 13.9 Å². The largest absolute Gasteiger partial charge is 0.497 e. The van der Waals surface area contributed by atoms with Gasteiger partial charge in [0.15, 0.2) is 5.82 Å². The number of H-pyrrole nitrogens is 1. The number of hydrogen-bond donors (Lipinski definition) is 1. The summed E-state index contributed by atoms with van der Waals surface area (Å²) in [6, 6.07) is 13.2. The molecule has 0 spiro atoms. The van der Waals surface area contributed by atoms with E-state index < -0.39 is 0 Å². The minimum Gasteiger partial charge on any atom is -0.497 e. The van der Waals surface area contributed by atoms with Gasteiger partial charge in [0.2, 0.25) is 16.9 Å². The van der Waals surface area contributed by atoms with Crippen molar-refractivity contribution in [3.05, 3.63) is 52.8 Å². The van der Waals surface area contributed by atoms with Crippen molar-refractivity contribution in [3.8, 4) is 34.3 Å². The lowest BCUT2D eigenvalue weighted by atomic mass is 10.2. The summed E-state index contributed by atoms with van der Waals surface area (Å²) in [4.78, 5) is 4.51. The predicted molar refractivity (Wildman–Crippen MR) is 112 cm³/mol.